The largest absolute Gasteiger partial charge is 0.375 e. The van der Waals surface area contributed by atoms with Gasteiger partial charge < -0.3 is 14.6 Å². The highest BCUT2D eigenvalue weighted by Gasteiger charge is 2.30. The van der Waals surface area contributed by atoms with Gasteiger partial charge in [0.1, 0.15) is 6.04 Å². The standard InChI is InChI=1S/C29H30Cl2N4O3/c30-23-11-10-21(16-24(23)31)18-38-19-26(32-17-20-6-2-1-3-7-20)28(36)34-14-12-22(13-15-34)35-27-9-5-4-8-25(27)33-29(35)37/h1-11,16,22,26,32H,12-15,17-19H2,(H,33,37). The number of carbonyl (C=O) groups excluding carboxylic acids is 1. The lowest BCUT2D eigenvalue weighted by molar-refractivity contribution is -0.136. The average molecular weight is 553 g/mol. The number of nitrogens with one attached hydrogen (secondary N) is 2. The number of piperidine rings is 1. The fourth-order valence-electron chi connectivity index (χ4n) is 4.98. The van der Waals surface area contributed by atoms with Gasteiger partial charge in [-0.25, -0.2) is 4.79 Å². The molecular formula is C29H30Cl2N4O3. The van der Waals surface area contributed by atoms with Gasteiger partial charge in [0.2, 0.25) is 5.91 Å². The Morgan fingerprint density at radius 3 is 2.47 bits per heavy atom. The maximum Gasteiger partial charge on any atom is 0.326 e. The van der Waals surface area contributed by atoms with Gasteiger partial charge in [-0.15, -0.1) is 0 Å². The van der Waals surface area contributed by atoms with E-state index in [1.807, 2.05) is 70.1 Å². The van der Waals surface area contributed by atoms with Gasteiger partial charge >= 0.3 is 5.69 Å². The highest BCUT2D eigenvalue weighted by atomic mass is 35.5. The number of rotatable bonds is 9. The number of hydrogen-bond acceptors (Lipinski definition) is 4. The first-order chi connectivity index (χ1) is 18.5. The highest BCUT2D eigenvalue weighted by molar-refractivity contribution is 6.42. The van der Waals surface area contributed by atoms with Crippen LogP contribution in [-0.4, -0.2) is 46.1 Å². The lowest BCUT2D eigenvalue weighted by Gasteiger charge is -2.35. The zero-order chi connectivity index (χ0) is 26.5. The molecule has 9 heteroatoms. The highest BCUT2D eigenvalue weighted by Crippen LogP contribution is 2.26. The smallest absolute Gasteiger partial charge is 0.326 e. The Kier molecular flexibility index (Phi) is 8.49. The predicted molar refractivity (Wildman–Crippen MR) is 151 cm³/mol. The number of halogens is 2. The van der Waals surface area contributed by atoms with Gasteiger partial charge in [0, 0.05) is 25.7 Å². The van der Waals surface area contributed by atoms with E-state index in [-0.39, 0.29) is 24.2 Å². The summed E-state index contributed by atoms with van der Waals surface area (Å²) < 4.78 is 7.80. The molecule has 0 aliphatic carbocycles. The summed E-state index contributed by atoms with van der Waals surface area (Å²) in [6.45, 7) is 2.24. The third kappa shape index (κ3) is 6.13. The molecular weight excluding hydrogens is 523 g/mol. The number of fused-ring (bicyclic) bond motifs is 1. The van der Waals surface area contributed by atoms with E-state index in [2.05, 4.69) is 10.3 Å². The molecule has 1 aliphatic rings. The molecule has 3 aromatic carbocycles. The Labute approximate surface area is 231 Å². The molecule has 1 unspecified atom stereocenters. The number of nitrogens with zero attached hydrogens (tertiary/aromatic N) is 2. The summed E-state index contributed by atoms with van der Waals surface area (Å²) in [5.74, 6) is -0.000191. The van der Waals surface area contributed by atoms with E-state index in [4.69, 9.17) is 27.9 Å². The second-order valence-corrected chi connectivity index (χ2v) is 10.4. The number of imidazole rings is 1. The predicted octanol–water partition coefficient (Wildman–Crippen LogP) is 5.18. The Balaban J connectivity index is 1.23. The molecule has 5 rings (SSSR count). The van der Waals surface area contributed by atoms with E-state index in [9.17, 15) is 9.59 Å². The minimum absolute atomic E-state index is 0.000191. The van der Waals surface area contributed by atoms with E-state index >= 15 is 0 Å². The van der Waals surface area contributed by atoms with E-state index in [0.29, 0.717) is 49.1 Å². The zero-order valence-corrected chi connectivity index (χ0v) is 22.4. The molecule has 0 saturated carbocycles. The third-order valence-electron chi connectivity index (χ3n) is 7.00. The van der Waals surface area contributed by atoms with E-state index < -0.39 is 6.04 Å². The first-order valence-corrected chi connectivity index (χ1v) is 13.5. The van der Waals surface area contributed by atoms with Crippen molar-refractivity contribution in [2.24, 2.45) is 0 Å². The van der Waals surface area contributed by atoms with Gasteiger partial charge in [-0.2, -0.15) is 0 Å². The van der Waals surface area contributed by atoms with Crippen LogP contribution in [0.15, 0.2) is 77.6 Å². The van der Waals surface area contributed by atoms with Gasteiger partial charge in [0.15, 0.2) is 0 Å². The minimum atomic E-state index is -0.509. The Bertz CT molecular complexity index is 1450. The first kappa shape index (κ1) is 26.5. The summed E-state index contributed by atoms with van der Waals surface area (Å²) in [4.78, 5) is 31.1. The summed E-state index contributed by atoms with van der Waals surface area (Å²) in [6, 6.07) is 22.6. The van der Waals surface area contributed by atoms with Crippen molar-refractivity contribution in [1.82, 2.24) is 19.8 Å². The normalized spacial score (nSPS) is 15.2. The number of ether oxygens (including phenoxy) is 1. The van der Waals surface area contributed by atoms with Gasteiger partial charge in [-0.1, -0.05) is 71.7 Å². The van der Waals surface area contributed by atoms with Crippen LogP contribution in [-0.2, 0) is 22.7 Å². The van der Waals surface area contributed by atoms with Crippen molar-refractivity contribution in [3.63, 3.8) is 0 Å². The number of H-pyrrole nitrogens is 1. The number of aromatic amines is 1. The molecule has 1 saturated heterocycles. The van der Waals surface area contributed by atoms with E-state index in [1.165, 1.54) is 0 Å². The molecule has 0 radical (unpaired) electrons. The molecule has 1 aromatic heterocycles. The molecule has 4 aromatic rings. The van der Waals surface area contributed by atoms with Crippen LogP contribution in [0.5, 0.6) is 0 Å². The fraction of sp³-hybridized carbons (Fsp3) is 0.310. The molecule has 0 bridgehead atoms. The van der Waals surface area contributed by atoms with Gasteiger partial charge in [-0.3, -0.25) is 14.7 Å². The Morgan fingerprint density at radius 2 is 1.71 bits per heavy atom. The maximum absolute atomic E-state index is 13.6. The van der Waals surface area contributed by atoms with Crippen LogP contribution < -0.4 is 11.0 Å². The molecule has 1 aliphatic heterocycles. The van der Waals surface area contributed by atoms with E-state index in [1.54, 1.807) is 12.1 Å². The first-order valence-electron chi connectivity index (χ1n) is 12.8. The Hall–Kier alpha value is -3.10. The van der Waals surface area contributed by atoms with Crippen molar-refractivity contribution in [2.75, 3.05) is 19.7 Å². The molecule has 2 heterocycles. The second-order valence-electron chi connectivity index (χ2n) is 9.56. The van der Waals surface area contributed by atoms with E-state index in [0.717, 1.165) is 22.2 Å². The fourth-order valence-corrected chi connectivity index (χ4v) is 5.30. The maximum atomic E-state index is 13.6. The molecule has 1 atom stereocenters. The third-order valence-corrected chi connectivity index (χ3v) is 7.74. The number of hydrogen-bond donors (Lipinski definition) is 2. The van der Waals surface area contributed by atoms with Crippen molar-refractivity contribution >= 4 is 40.1 Å². The van der Waals surface area contributed by atoms with Crippen LogP contribution >= 0.6 is 23.2 Å². The molecule has 7 nitrogen and oxygen atoms in total. The number of para-hydroxylation sites is 2. The van der Waals surface area contributed by atoms with Gasteiger partial charge in [0.05, 0.1) is 34.3 Å². The summed E-state index contributed by atoms with van der Waals surface area (Å²) in [5, 5.41) is 4.35. The van der Waals surface area contributed by atoms with Crippen molar-refractivity contribution in [2.45, 2.75) is 38.1 Å². The molecule has 1 fully saturated rings. The summed E-state index contributed by atoms with van der Waals surface area (Å²) in [6.07, 6.45) is 1.42. The lowest BCUT2D eigenvalue weighted by Crippen LogP contribution is -2.51. The topological polar surface area (TPSA) is 79.4 Å². The number of amides is 1. The van der Waals surface area contributed by atoms with Crippen LogP contribution in [0, 0.1) is 0 Å². The van der Waals surface area contributed by atoms with Crippen LogP contribution in [0.3, 0.4) is 0 Å². The molecule has 198 valence electrons. The van der Waals surface area contributed by atoms with Crippen LogP contribution in [0.2, 0.25) is 10.0 Å². The number of carbonyl (C=O) groups is 1. The lowest BCUT2D eigenvalue weighted by atomic mass is 10.0. The van der Waals surface area contributed by atoms with Gasteiger partial charge in [-0.05, 0) is 48.2 Å². The summed E-state index contributed by atoms with van der Waals surface area (Å²) >= 11 is 12.2. The zero-order valence-electron chi connectivity index (χ0n) is 20.9. The van der Waals surface area contributed by atoms with Crippen LogP contribution in [0.4, 0.5) is 0 Å². The minimum Gasteiger partial charge on any atom is -0.375 e. The van der Waals surface area contributed by atoms with Crippen molar-refractivity contribution in [3.05, 3.63) is 104 Å². The molecule has 38 heavy (non-hydrogen) atoms. The van der Waals surface area contributed by atoms with Crippen molar-refractivity contribution in [3.8, 4) is 0 Å². The van der Waals surface area contributed by atoms with Crippen LogP contribution in [0.1, 0.15) is 30.0 Å². The van der Waals surface area contributed by atoms with Gasteiger partial charge in [0.25, 0.3) is 0 Å². The van der Waals surface area contributed by atoms with Crippen molar-refractivity contribution in [1.29, 1.82) is 0 Å². The second kappa shape index (κ2) is 12.2. The van der Waals surface area contributed by atoms with Crippen molar-refractivity contribution < 1.29 is 9.53 Å². The number of likely N-dealkylation sites (tertiary alicyclic amines) is 1. The summed E-state index contributed by atoms with van der Waals surface area (Å²) in [7, 11) is 0. The molecule has 0 spiro atoms. The molecule has 2 N–H and O–H groups in total. The Morgan fingerprint density at radius 1 is 0.974 bits per heavy atom. The average Bonchev–Trinajstić information content (AvgIpc) is 3.28. The summed E-state index contributed by atoms with van der Waals surface area (Å²) in [5.41, 5.74) is 3.61. The van der Waals surface area contributed by atoms with Crippen LogP contribution in [0.25, 0.3) is 11.0 Å². The quantitative estimate of drug-likeness (QED) is 0.300. The number of benzene rings is 3. The SMILES string of the molecule is O=C(C(COCc1ccc(Cl)c(Cl)c1)NCc1ccccc1)N1CCC(n2c(=O)[nH]c3ccccc32)CC1. The monoisotopic (exact) mass is 552 g/mol. The molecule has 1 amide bonds. The number of aromatic nitrogens is 2.